The van der Waals surface area contributed by atoms with Gasteiger partial charge in [-0.15, -0.1) is 0 Å². The van der Waals surface area contributed by atoms with Gasteiger partial charge in [-0.2, -0.15) is 0 Å². The third-order valence-electron chi connectivity index (χ3n) is 6.63. The molecule has 1 spiro atoms. The lowest BCUT2D eigenvalue weighted by molar-refractivity contribution is -0.138. The average Bonchev–Trinajstić information content (AvgIpc) is 3.17. The van der Waals surface area contributed by atoms with Crippen LogP contribution in [-0.2, 0) is 32.8 Å². The molecular formula is C26H16F4O9. The molecule has 13 heteroatoms. The number of halogens is 4. The fourth-order valence-corrected chi connectivity index (χ4v) is 4.87. The number of carboxylic acid groups (broad SMARTS) is 2. The standard InChI is InChI=1S/C26H16F4O9/c27-21-19-20(22(28)24(30)23(21)29)26(39-25(19)37)11-5-9(1-3-17(33)34)13(31)7-15(11)38-16-8-14(32)10(6-12(16)26)2-4-18(35)36/h5-8,31-32H,1-4H2,(H,33,34)(H,35,36). The Kier molecular flexibility index (Phi) is 5.89. The van der Waals surface area contributed by atoms with Gasteiger partial charge < -0.3 is 29.9 Å². The Morgan fingerprint density at radius 3 is 1.67 bits per heavy atom. The molecule has 3 aromatic carbocycles. The van der Waals surface area contributed by atoms with Crippen molar-refractivity contribution in [3.63, 3.8) is 0 Å². The number of hydrogen-bond acceptors (Lipinski definition) is 7. The normalized spacial score (nSPS) is 14.3. The molecule has 2 aliphatic rings. The first kappa shape index (κ1) is 25.8. The van der Waals surface area contributed by atoms with Gasteiger partial charge in [0.25, 0.3) is 0 Å². The fraction of sp³-hybridized carbons (Fsp3) is 0.192. The van der Waals surface area contributed by atoms with Gasteiger partial charge in [0.15, 0.2) is 28.9 Å². The van der Waals surface area contributed by atoms with Crippen LogP contribution in [0.4, 0.5) is 17.6 Å². The van der Waals surface area contributed by atoms with Crippen LogP contribution in [0.3, 0.4) is 0 Å². The minimum Gasteiger partial charge on any atom is -0.508 e. The van der Waals surface area contributed by atoms with E-state index in [-0.39, 0.29) is 46.6 Å². The lowest BCUT2D eigenvalue weighted by atomic mass is 9.75. The fourth-order valence-electron chi connectivity index (χ4n) is 4.87. The highest BCUT2D eigenvalue weighted by Crippen LogP contribution is 2.59. The van der Waals surface area contributed by atoms with Gasteiger partial charge in [0, 0.05) is 36.1 Å². The monoisotopic (exact) mass is 548 g/mol. The van der Waals surface area contributed by atoms with Gasteiger partial charge in [-0.3, -0.25) is 9.59 Å². The third-order valence-corrected chi connectivity index (χ3v) is 6.63. The number of ether oxygens (including phenoxy) is 2. The molecule has 0 aromatic heterocycles. The van der Waals surface area contributed by atoms with E-state index in [9.17, 15) is 37.8 Å². The molecule has 4 N–H and O–H groups in total. The van der Waals surface area contributed by atoms with Crippen LogP contribution in [-0.4, -0.2) is 38.3 Å². The van der Waals surface area contributed by atoms with Crippen molar-refractivity contribution in [1.82, 2.24) is 0 Å². The number of phenols is 2. The second-order valence-corrected chi connectivity index (χ2v) is 8.92. The van der Waals surface area contributed by atoms with E-state index in [4.69, 9.17) is 19.7 Å². The van der Waals surface area contributed by atoms with E-state index < -0.39 is 82.2 Å². The smallest absolute Gasteiger partial charge is 0.343 e. The van der Waals surface area contributed by atoms with Crippen molar-refractivity contribution in [3.05, 3.63) is 80.9 Å². The Labute approximate surface area is 215 Å². The Hall–Kier alpha value is -4.81. The first-order valence-corrected chi connectivity index (χ1v) is 11.3. The highest BCUT2D eigenvalue weighted by molar-refractivity contribution is 5.97. The van der Waals surface area contributed by atoms with Crippen molar-refractivity contribution < 1.29 is 61.8 Å². The summed E-state index contributed by atoms with van der Waals surface area (Å²) < 4.78 is 70.3. The van der Waals surface area contributed by atoms with Crippen LogP contribution < -0.4 is 4.74 Å². The zero-order chi connectivity index (χ0) is 28.4. The molecule has 0 aliphatic carbocycles. The summed E-state index contributed by atoms with van der Waals surface area (Å²) in [6, 6.07) is 4.15. The molecule has 0 saturated carbocycles. The maximum absolute atomic E-state index is 15.5. The molecule has 0 radical (unpaired) electrons. The molecule has 2 heterocycles. The largest absolute Gasteiger partial charge is 0.508 e. The van der Waals surface area contributed by atoms with Crippen molar-refractivity contribution in [3.8, 4) is 23.0 Å². The molecule has 0 amide bonds. The van der Waals surface area contributed by atoms with Gasteiger partial charge in [0.05, 0.1) is 5.56 Å². The lowest BCUT2D eigenvalue weighted by Crippen LogP contribution is -2.34. The van der Waals surface area contributed by atoms with Crippen molar-refractivity contribution >= 4 is 17.9 Å². The maximum Gasteiger partial charge on any atom is 0.343 e. The Balaban J connectivity index is 1.87. The highest BCUT2D eigenvalue weighted by atomic mass is 19.2. The summed E-state index contributed by atoms with van der Waals surface area (Å²) in [5.41, 5.74) is -5.53. The van der Waals surface area contributed by atoms with Crippen molar-refractivity contribution in [2.75, 3.05) is 0 Å². The van der Waals surface area contributed by atoms with Crippen molar-refractivity contribution in [2.24, 2.45) is 0 Å². The third kappa shape index (κ3) is 3.80. The minimum atomic E-state index is -2.56. The van der Waals surface area contributed by atoms with Crippen LogP contribution in [0.25, 0.3) is 0 Å². The summed E-state index contributed by atoms with van der Waals surface area (Å²) in [5.74, 6) is -14.1. The molecule has 9 nitrogen and oxygen atoms in total. The van der Waals surface area contributed by atoms with E-state index >= 15 is 4.39 Å². The molecule has 39 heavy (non-hydrogen) atoms. The molecular weight excluding hydrogens is 532 g/mol. The predicted octanol–water partition coefficient (Wildman–Crippen LogP) is 4.26. The first-order valence-electron chi connectivity index (χ1n) is 11.3. The first-order chi connectivity index (χ1) is 18.4. The van der Waals surface area contributed by atoms with Crippen LogP contribution in [0.2, 0.25) is 0 Å². The number of aromatic hydroxyl groups is 2. The van der Waals surface area contributed by atoms with E-state index in [0.717, 1.165) is 24.3 Å². The van der Waals surface area contributed by atoms with Gasteiger partial charge >= 0.3 is 17.9 Å². The summed E-state index contributed by atoms with van der Waals surface area (Å²) in [6.45, 7) is 0. The zero-order valence-electron chi connectivity index (χ0n) is 19.5. The number of aryl methyl sites for hydroxylation is 2. The van der Waals surface area contributed by atoms with Crippen LogP contribution in [0.15, 0.2) is 24.3 Å². The number of carboxylic acids is 2. The summed E-state index contributed by atoms with van der Waals surface area (Å²) in [4.78, 5) is 35.1. The second kappa shape index (κ2) is 8.89. The van der Waals surface area contributed by atoms with Gasteiger partial charge in [0.2, 0.25) is 0 Å². The zero-order valence-corrected chi connectivity index (χ0v) is 19.5. The molecule has 0 saturated heterocycles. The van der Waals surface area contributed by atoms with Gasteiger partial charge in [-0.05, 0) is 36.1 Å². The molecule has 2 aliphatic heterocycles. The molecule has 0 atom stereocenters. The summed E-state index contributed by atoms with van der Waals surface area (Å²) >= 11 is 0. The minimum absolute atomic E-state index is 0.0413. The number of hydrogen-bond donors (Lipinski definition) is 4. The van der Waals surface area contributed by atoms with Gasteiger partial charge in [0.1, 0.15) is 28.6 Å². The highest BCUT2D eigenvalue weighted by Gasteiger charge is 2.58. The maximum atomic E-state index is 15.5. The van der Waals surface area contributed by atoms with Crippen LogP contribution in [0.1, 0.15) is 51.0 Å². The molecule has 0 fully saturated rings. The molecule has 0 unspecified atom stereocenters. The summed E-state index contributed by atoms with van der Waals surface area (Å²) in [5, 5.41) is 39.1. The van der Waals surface area contributed by atoms with E-state index in [2.05, 4.69) is 0 Å². The van der Waals surface area contributed by atoms with E-state index in [0.29, 0.717) is 0 Å². The second-order valence-electron chi connectivity index (χ2n) is 8.92. The summed E-state index contributed by atoms with van der Waals surface area (Å²) in [6.07, 6.45) is -1.48. The van der Waals surface area contributed by atoms with Gasteiger partial charge in [-0.1, -0.05) is 0 Å². The van der Waals surface area contributed by atoms with E-state index in [1.165, 1.54) is 0 Å². The van der Waals surface area contributed by atoms with Crippen LogP contribution in [0.5, 0.6) is 23.0 Å². The van der Waals surface area contributed by atoms with E-state index in [1.54, 1.807) is 0 Å². The predicted molar refractivity (Wildman–Crippen MR) is 120 cm³/mol. The van der Waals surface area contributed by atoms with Gasteiger partial charge in [-0.25, -0.2) is 22.4 Å². The number of esters is 1. The van der Waals surface area contributed by atoms with Crippen LogP contribution >= 0.6 is 0 Å². The molecule has 5 rings (SSSR count). The number of carbonyl (C=O) groups is 3. The number of aliphatic carboxylic acids is 2. The van der Waals surface area contributed by atoms with Crippen LogP contribution in [0, 0.1) is 23.3 Å². The quantitative estimate of drug-likeness (QED) is 0.153. The topological polar surface area (TPSA) is 151 Å². The number of carbonyl (C=O) groups excluding carboxylic acids is 1. The van der Waals surface area contributed by atoms with Crippen molar-refractivity contribution in [2.45, 2.75) is 31.3 Å². The number of fused-ring (bicyclic) bond motifs is 6. The lowest BCUT2D eigenvalue weighted by Gasteiger charge is -2.37. The Bertz CT molecular complexity index is 1540. The van der Waals surface area contributed by atoms with Crippen molar-refractivity contribution in [1.29, 1.82) is 0 Å². The Morgan fingerprint density at radius 1 is 0.744 bits per heavy atom. The summed E-state index contributed by atoms with van der Waals surface area (Å²) in [7, 11) is 0. The molecule has 202 valence electrons. The molecule has 3 aromatic rings. The SMILES string of the molecule is O=C(O)CCc1cc2c(cc1O)Oc1cc(O)c(CCC(=O)O)cc1C21OC(=O)c2c(F)c(F)c(F)c(F)c21. The average molecular weight is 548 g/mol. The van der Waals surface area contributed by atoms with E-state index in [1.807, 2.05) is 0 Å². The number of phenolic OH excluding ortho intramolecular Hbond substituents is 2. The molecule has 0 bridgehead atoms. The number of benzene rings is 3. The number of rotatable bonds is 6. The Morgan fingerprint density at radius 2 is 1.21 bits per heavy atom.